The third-order valence-corrected chi connectivity index (χ3v) is 5.86. The molecule has 0 radical (unpaired) electrons. The zero-order chi connectivity index (χ0) is 26.4. The van der Waals surface area contributed by atoms with E-state index < -0.39 is 0 Å². The number of hydrogen-bond donors (Lipinski definition) is 3. The number of hydrogen-bond acceptors (Lipinski definition) is 6. The van der Waals surface area contributed by atoms with Gasteiger partial charge in [0.15, 0.2) is 0 Å². The van der Waals surface area contributed by atoms with E-state index in [4.69, 9.17) is 10.7 Å². The van der Waals surface area contributed by atoms with Gasteiger partial charge in [0.25, 0.3) is 0 Å². The maximum Gasteiger partial charge on any atom is 0.111 e. The summed E-state index contributed by atoms with van der Waals surface area (Å²) in [5.74, 6) is 1.34. The van der Waals surface area contributed by atoms with E-state index in [-0.39, 0.29) is 0 Å². The molecule has 4 rings (SSSR count). The van der Waals surface area contributed by atoms with Crippen molar-refractivity contribution in [2.45, 2.75) is 33.6 Å². The van der Waals surface area contributed by atoms with Crippen molar-refractivity contribution >= 4 is 16.9 Å². The lowest BCUT2D eigenvalue weighted by molar-refractivity contribution is 0.645. The molecule has 0 saturated carbocycles. The van der Waals surface area contributed by atoms with Crippen molar-refractivity contribution in [2.24, 2.45) is 5.92 Å². The summed E-state index contributed by atoms with van der Waals surface area (Å²) >= 11 is 0. The molecule has 188 valence electrons. The van der Waals surface area contributed by atoms with Crippen molar-refractivity contribution in [1.29, 1.82) is 0 Å². The van der Waals surface area contributed by atoms with E-state index in [1.807, 2.05) is 37.3 Å². The molecule has 0 fully saturated rings. The minimum atomic E-state index is 0.524. The van der Waals surface area contributed by atoms with Crippen LogP contribution in [0.4, 0.5) is 11.4 Å². The number of nitrogens with one attached hydrogen (secondary N) is 2. The average Bonchev–Trinajstić information content (AvgIpc) is 3.23. The highest BCUT2D eigenvalue weighted by atomic mass is 14.9. The van der Waals surface area contributed by atoms with E-state index in [1.165, 1.54) is 0 Å². The molecule has 0 spiro atoms. The standard InChI is InChI=1S/C30H33N7/c1-6-7-26(22-8-10-32-11-9-22)30-21(5)36-29(37-30)15-23-14-28(34-18-27(23)31)24-13-25(17-33-16-24)35-20(4)12-19(2)3/h6-11,13-14,16-19,35H,1,4,12,15,31H2,2-3,5H3,(H,36,37)/b26-7-. The Morgan fingerprint density at radius 3 is 2.65 bits per heavy atom. The number of nitrogen functional groups attached to an aromatic ring is 1. The van der Waals surface area contributed by atoms with Crippen LogP contribution in [0.1, 0.15) is 48.6 Å². The summed E-state index contributed by atoms with van der Waals surface area (Å²) in [6.07, 6.45) is 14.0. The zero-order valence-electron chi connectivity index (χ0n) is 21.6. The number of nitrogens with zero attached hydrogens (tertiary/aromatic N) is 4. The highest BCUT2D eigenvalue weighted by molar-refractivity contribution is 5.80. The first-order valence-corrected chi connectivity index (χ1v) is 12.3. The van der Waals surface area contributed by atoms with Gasteiger partial charge in [-0.1, -0.05) is 39.2 Å². The number of aromatic nitrogens is 5. The lowest BCUT2D eigenvalue weighted by Gasteiger charge is -2.12. The second-order valence-electron chi connectivity index (χ2n) is 9.44. The van der Waals surface area contributed by atoms with Gasteiger partial charge in [-0.2, -0.15) is 0 Å². The van der Waals surface area contributed by atoms with E-state index in [0.717, 1.165) is 63.0 Å². The zero-order valence-corrected chi connectivity index (χ0v) is 21.6. The summed E-state index contributed by atoms with van der Waals surface area (Å²) in [6.45, 7) is 14.3. The normalized spacial score (nSPS) is 11.5. The minimum absolute atomic E-state index is 0.524. The van der Waals surface area contributed by atoms with Gasteiger partial charge < -0.3 is 16.0 Å². The largest absolute Gasteiger partial charge is 0.397 e. The molecule has 0 aromatic carbocycles. The monoisotopic (exact) mass is 491 g/mol. The third-order valence-electron chi connectivity index (χ3n) is 5.86. The molecule has 7 nitrogen and oxygen atoms in total. The maximum atomic E-state index is 6.33. The van der Waals surface area contributed by atoms with Gasteiger partial charge in [-0.3, -0.25) is 15.0 Å². The number of nitrogens with two attached hydrogens (primary N) is 1. The molecule has 0 bridgehead atoms. The maximum absolute atomic E-state index is 6.33. The van der Waals surface area contributed by atoms with Crippen molar-refractivity contribution in [1.82, 2.24) is 24.9 Å². The molecule has 0 aliphatic heterocycles. The number of rotatable bonds is 10. The van der Waals surface area contributed by atoms with E-state index in [2.05, 4.69) is 52.3 Å². The number of aromatic amines is 1. The first-order valence-electron chi connectivity index (χ1n) is 12.3. The number of allylic oxidation sites excluding steroid dienone is 3. The number of aryl methyl sites for hydroxylation is 1. The second kappa shape index (κ2) is 11.5. The quantitative estimate of drug-likeness (QED) is 0.224. The van der Waals surface area contributed by atoms with E-state index in [0.29, 0.717) is 18.0 Å². The van der Waals surface area contributed by atoms with Gasteiger partial charge in [-0.25, -0.2) is 4.98 Å². The molecule has 0 aliphatic rings. The van der Waals surface area contributed by atoms with Crippen LogP contribution in [-0.2, 0) is 6.42 Å². The van der Waals surface area contributed by atoms with Crippen LogP contribution >= 0.6 is 0 Å². The molecule has 4 N–H and O–H groups in total. The van der Waals surface area contributed by atoms with Crippen LogP contribution in [-0.4, -0.2) is 24.9 Å². The molecule has 0 amide bonds. The Kier molecular flexibility index (Phi) is 7.93. The molecule has 0 saturated heterocycles. The second-order valence-corrected chi connectivity index (χ2v) is 9.44. The van der Waals surface area contributed by atoms with Crippen LogP contribution < -0.4 is 11.1 Å². The topological polar surface area (TPSA) is 105 Å². The summed E-state index contributed by atoms with van der Waals surface area (Å²) in [6, 6.07) is 7.95. The fourth-order valence-corrected chi connectivity index (χ4v) is 4.22. The van der Waals surface area contributed by atoms with Gasteiger partial charge in [-0.05, 0) is 54.7 Å². The number of anilines is 2. The Morgan fingerprint density at radius 2 is 1.92 bits per heavy atom. The van der Waals surface area contributed by atoms with Gasteiger partial charge in [0.1, 0.15) is 5.82 Å². The first-order chi connectivity index (χ1) is 17.8. The summed E-state index contributed by atoms with van der Waals surface area (Å²) in [5, 5.41) is 3.35. The molecule has 7 heteroatoms. The van der Waals surface area contributed by atoms with Crippen molar-refractivity contribution in [2.75, 3.05) is 11.1 Å². The van der Waals surface area contributed by atoms with Crippen molar-refractivity contribution < 1.29 is 0 Å². The molecule has 0 unspecified atom stereocenters. The van der Waals surface area contributed by atoms with Crippen LogP contribution in [0, 0.1) is 12.8 Å². The van der Waals surface area contributed by atoms with Crippen LogP contribution in [0.25, 0.3) is 16.8 Å². The molecule has 4 aromatic rings. The molecule has 0 aliphatic carbocycles. The molecule has 0 atom stereocenters. The number of imidazole rings is 1. The molecule has 4 heterocycles. The molecule has 37 heavy (non-hydrogen) atoms. The molecule has 4 aromatic heterocycles. The summed E-state index contributed by atoms with van der Waals surface area (Å²) in [5.41, 5.74) is 15.3. The van der Waals surface area contributed by atoms with E-state index >= 15 is 0 Å². The van der Waals surface area contributed by atoms with Crippen molar-refractivity contribution in [3.63, 3.8) is 0 Å². The summed E-state index contributed by atoms with van der Waals surface area (Å²) < 4.78 is 0. The highest BCUT2D eigenvalue weighted by Gasteiger charge is 2.15. The Balaban J connectivity index is 1.60. The lowest BCUT2D eigenvalue weighted by Crippen LogP contribution is -2.03. The van der Waals surface area contributed by atoms with Crippen LogP contribution in [0.3, 0.4) is 0 Å². The Hall–Kier alpha value is -4.52. The van der Waals surface area contributed by atoms with Crippen molar-refractivity contribution in [3.8, 4) is 11.3 Å². The van der Waals surface area contributed by atoms with E-state index in [9.17, 15) is 0 Å². The van der Waals surface area contributed by atoms with Gasteiger partial charge in [-0.15, -0.1) is 0 Å². The van der Waals surface area contributed by atoms with Gasteiger partial charge in [0.2, 0.25) is 0 Å². The van der Waals surface area contributed by atoms with Gasteiger partial charge >= 0.3 is 0 Å². The predicted octanol–water partition coefficient (Wildman–Crippen LogP) is 6.33. The Morgan fingerprint density at radius 1 is 1.14 bits per heavy atom. The van der Waals surface area contributed by atoms with Crippen LogP contribution in [0.2, 0.25) is 0 Å². The minimum Gasteiger partial charge on any atom is -0.397 e. The summed E-state index contributed by atoms with van der Waals surface area (Å²) in [7, 11) is 0. The number of pyridine rings is 3. The third kappa shape index (κ3) is 6.38. The lowest BCUT2D eigenvalue weighted by atomic mass is 10.0. The Labute approximate surface area is 218 Å². The average molecular weight is 492 g/mol. The molecular weight excluding hydrogens is 458 g/mol. The SMILES string of the molecule is C=C/C=C(/c1ccncc1)c1nc(Cc2cc(-c3cncc(NC(=C)CC(C)C)c3)ncc2N)[nH]c1C. The van der Waals surface area contributed by atoms with Gasteiger partial charge in [0.05, 0.1) is 35.2 Å². The number of H-pyrrole nitrogens is 1. The summed E-state index contributed by atoms with van der Waals surface area (Å²) in [4.78, 5) is 21.4. The fourth-order valence-electron chi connectivity index (χ4n) is 4.22. The fraction of sp³-hybridized carbons (Fsp3) is 0.200. The molecular formula is C30H33N7. The van der Waals surface area contributed by atoms with Gasteiger partial charge in [0, 0.05) is 47.5 Å². The highest BCUT2D eigenvalue weighted by Crippen LogP contribution is 2.28. The van der Waals surface area contributed by atoms with Crippen molar-refractivity contribution in [3.05, 3.63) is 115 Å². The van der Waals surface area contributed by atoms with Crippen LogP contribution in [0.5, 0.6) is 0 Å². The first kappa shape index (κ1) is 25.6. The van der Waals surface area contributed by atoms with Crippen LogP contribution in [0.15, 0.2) is 86.3 Å². The van der Waals surface area contributed by atoms with E-state index in [1.54, 1.807) is 37.1 Å². The Bertz CT molecular complexity index is 1430. The predicted molar refractivity (Wildman–Crippen MR) is 152 cm³/mol. The smallest absolute Gasteiger partial charge is 0.111 e.